The van der Waals surface area contributed by atoms with Crippen LogP contribution in [0.5, 0.6) is 5.75 Å². The minimum Gasteiger partial charge on any atom is -0.490 e. The predicted octanol–water partition coefficient (Wildman–Crippen LogP) is 1.02. The molecule has 0 amide bonds. The van der Waals surface area contributed by atoms with Gasteiger partial charge in [-0.3, -0.25) is 4.72 Å². The summed E-state index contributed by atoms with van der Waals surface area (Å²) in [6.45, 7) is 5.12. The molecule has 0 aliphatic heterocycles. The molecule has 0 aliphatic rings. The number of anilines is 1. The van der Waals surface area contributed by atoms with Gasteiger partial charge in [-0.1, -0.05) is 26.0 Å². The third-order valence-electron chi connectivity index (χ3n) is 2.55. The fraction of sp³-hybridized carbons (Fsp3) is 0.500. The van der Waals surface area contributed by atoms with Gasteiger partial charge in [0.25, 0.3) is 0 Å². The van der Waals surface area contributed by atoms with E-state index in [0.29, 0.717) is 37.7 Å². The lowest BCUT2D eigenvalue weighted by molar-refractivity contribution is 0.330. The highest BCUT2D eigenvalue weighted by molar-refractivity contribution is 7.90. The first-order valence-electron chi connectivity index (χ1n) is 6.25. The van der Waals surface area contributed by atoms with Crippen LogP contribution in [0.1, 0.15) is 13.8 Å². The maximum absolute atomic E-state index is 12.1. The summed E-state index contributed by atoms with van der Waals surface area (Å²) >= 11 is 0. The van der Waals surface area contributed by atoms with E-state index in [-0.39, 0.29) is 0 Å². The van der Waals surface area contributed by atoms with Crippen LogP contribution in [0.2, 0.25) is 0 Å². The zero-order chi connectivity index (χ0) is 14.3. The van der Waals surface area contributed by atoms with Crippen molar-refractivity contribution < 1.29 is 13.2 Å². The zero-order valence-electron chi connectivity index (χ0n) is 11.3. The van der Waals surface area contributed by atoms with Crippen molar-refractivity contribution >= 4 is 15.9 Å². The molecule has 0 radical (unpaired) electrons. The van der Waals surface area contributed by atoms with E-state index in [1.807, 2.05) is 0 Å². The second-order valence-corrected chi connectivity index (χ2v) is 5.50. The van der Waals surface area contributed by atoms with Gasteiger partial charge in [0.1, 0.15) is 12.4 Å². The lowest BCUT2D eigenvalue weighted by Crippen LogP contribution is -2.35. The largest absolute Gasteiger partial charge is 0.490 e. The molecule has 0 spiro atoms. The summed E-state index contributed by atoms with van der Waals surface area (Å²) in [7, 11) is -3.55. The Morgan fingerprint density at radius 3 is 2.47 bits per heavy atom. The summed E-state index contributed by atoms with van der Waals surface area (Å²) < 4.78 is 33.5. The molecule has 1 rings (SSSR count). The number of rotatable bonds is 8. The van der Waals surface area contributed by atoms with Gasteiger partial charge in [0.15, 0.2) is 0 Å². The number of hydrogen-bond acceptors (Lipinski definition) is 4. The number of para-hydroxylation sites is 2. The van der Waals surface area contributed by atoms with Crippen LogP contribution in [-0.2, 0) is 10.2 Å². The molecule has 0 saturated heterocycles. The topological polar surface area (TPSA) is 84.7 Å². The van der Waals surface area contributed by atoms with Gasteiger partial charge in [-0.15, -0.1) is 0 Å². The van der Waals surface area contributed by atoms with Crippen molar-refractivity contribution in [3.05, 3.63) is 24.3 Å². The lowest BCUT2D eigenvalue weighted by Gasteiger charge is -2.20. The number of nitrogens with two attached hydrogens (primary N) is 1. The van der Waals surface area contributed by atoms with Crippen molar-refractivity contribution in [2.45, 2.75) is 13.8 Å². The molecule has 1 aromatic rings. The van der Waals surface area contributed by atoms with Crippen LogP contribution >= 0.6 is 0 Å². The van der Waals surface area contributed by atoms with Crippen LogP contribution in [-0.4, -0.2) is 39.0 Å². The molecule has 19 heavy (non-hydrogen) atoms. The van der Waals surface area contributed by atoms with Gasteiger partial charge in [-0.2, -0.15) is 12.7 Å². The Kier molecular flexibility index (Phi) is 6.07. The van der Waals surface area contributed by atoms with Gasteiger partial charge < -0.3 is 10.5 Å². The van der Waals surface area contributed by atoms with Crippen LogP contribution in [0.25, 0.3) is 0 Å². The number of nitrogens with one attached hydrogen (secondary N) is 1. The van der Waals surface area contributed by atoms with Gasteiger partial charge in [-0.25, -0.2) is 0 Å². The minimum absolute atomic E-state index is 0.337. The van der Waals surface area contributed by atoms with Crippen LogP contribution in [0.4, 0.5) is 5.69 Å². The number of benzene rings is 1. The molecular formula is C12H21N3O3S. The van der Waals surface area contributed by atoms with Gasteiger partial charge in [0.2, 0.25) is 0 Å². The summed E-state index contributed by atoms with van der Waals surface area (Å²) in [4.78, 5) is 0. The Bertz CT molecular complexity index is 487. The second kappa shape index (κ2) is 7.32. The molecule has 0 heterocycles. The molecule has 7 heteroatoms. The van der Waals surface area contributed by atoms with E-state index in [0.717, 1.165) is 0 Å². The average molecular weight is 287 g/mol. The Balaban J connectivity index is 2.92. The highest BCUT2D eigenvalue weighted by atomic mass is 32.2. The lowest BCUT2D eigenvalue weighted by atomic mass is 10.3. The normalized spacial score (nSPS) is 11.6. The smallest absolute Gasteiger partial charge is 0.301 e. The van der Waals surface area contributed by atoms with E-state index in [9.17, 15) is 8.42 Å². The van der Waals surface area contributed by atoms with Crippen molar-refractivity contribution in [3.63, 3.8) is 0 Å². The van der Waals surface area contributed by atoms with Crippen LogP contribution in [0.3, 0.4) is 0 Å². The Hall–Kier alpha value is -1.31. The average Bonchev–Trinajstić information content (AvgIpc) is 2.38. The van der Waals surface area contributed by atoms with Crippen molar-refractivity contribution in [1.29, 1.82) is 0 Å². The second-order valence-electron chi connectivity index (χ2n) is 3.82. The first-order chi connectivity index (χ1) is 9.05. The third-order valence-corrected chi connectivity index (χ3v) is 4.22. The highest BCUT2D eigenvalue weighted by Crippen LogP contribution is 2.25. The Morgan fingerprint density at radius 2 is 1.89 bits per heavy atom. The van der Waals surface area contributed by atoms with E-state index in [2.05, 4.69) is 4.72 Å². The molecule has 6 nitrogen and oxygen atoms in total. The van der Waals surface area contributed by atoms with E-state index < -0.39 is 10.2 Å². The third kappa shape index (κ3) is 4.38. The van der Waals surface area contributed by atoms with Gasteiger partial charge in [0.05, 0.1) is 5.69 Å². The predicted molar refractivity (Wildman–Crippen MR) is 76.5 cm³/mol. The molecule has 108 valence electrons. The minimum atomic E-state index is -3.55. The monoisotopic (exact) mass is 287 g/mol. The molecule has 1 aromatic carbocycles. The summed E-state index contributed by atoms with van der Waals surface area (Å²) in [6.07, 6.45) is 0. The highest BCUT2D eigenvalue weighted by Gasteiger charge is 2.19. The molecule has 3 N–H and O–H groups in total. The number of ether oxygens (including phenoxy) is 1. The molecule has 0 bridgehead atoms. The summed E-state index contributed by atoms with van der Waals surface area (Å²) in [5.74, 6) is 0.476. The molecule has 0 aliphatic carbocycles. The van der Waals surface area contributed by atoms with E-state index in [1.54, 1.807) is 38.1 Å². The van der Waals surface area contributed by atoms with E-state index in [1.165, 1.54) is 4.31 Å². The fourth-order valence-electron chi connectivity index (χ4n) is 1.61. The Morgan fingerprint density at radius 1 is 1.26 bits per heavy atom. The molecule has 0 atom stereocenters. The van der Waals surface area contributed by atoms with E-state index >= 15 is 0 Å². The zero-order valence-corrected chi connectivity index (χ0v) is 12.1. The quantitative estimate of drug-likeness (QED) is 0.747. The van der Waals surface area contributed by atoms with Crippen LogP contribution in [0.15, 0.2) is 24.3 Å². The molecular weight excluding hydrogens is 266 g/mol. The summed E-state index contributed by atoms with van der Waals surface area (Å²) in [6, 6.07) is 6.89. The van der Waals surface area contributed by atoms with Crippen molar-refractivity contribution in [3.8, 4) is 5.75 Å². The Labute approximate surface area is 114 Å². The fourth-order valence-corrected chi connectivity index (χ4v) is 2.87. The first kappa shape index (κ1) is 15.7. The molecule has 0 saturated carbocycles. The maximum Gasteiger partial charge on any atom is 0.301 e. The van der Waals surface area contributed by atoms with Crippen molar-refractivity contribution in [2.75, 3.05) is 31.0 Å². The first-order valence-corrected chi connectivity index (χ1v) is 7.69. The molecule has 0 aromatic heterocycles. The summed E-state index contributed by atoms with van der Waals surface area (Å²) in [5.41, 5.74) is 5.79. The summed E-state index contributed by atoms with van der Waals surface area (Å²) in [5, 5.41) is 0. The van der Waals surface area contributed by atoms with Gasteiger partial charge >= 0.3 is 10.2 Å². The van der Waals surface area contributed by atoms with E-state index in [4.69, 9.17) is 10.5 Å². The molecule has 0 unspecified atom stereocenters. The van der Waals surface area contributed by atoms with Gasteiger partial charge in [-0.05, 0) is 12.1 Å². The maximum atomic E-state index is 12.1. The van der Waals surface area contributed by atoms with Crippen LogP contribution < -0.4 is 15.2 Å². The number of hydrogen-bond donors (Lipinski definition) is 2. The van der Waals surface area contributed by atoms with Crippen molar-refractivity contribution in [2.24, 2.45) is 5.73 Å². The number of nitrogens with zero attached hydrogens (tertiary/aromatic N) is 1. The molecule has 0 fully saturated rings. The van der Waals surface area contributed by atoms with Gasteiger partial charge in [0, 0.05) is 19.6 Å². The SMILES string of the molecule is CCN(CC)S(=O)(=O)Nc1ccccc1OCCN. The standard InChI is InChI=1S/C12H21N3O3S/c1-3-15(4-2)19(16,17)14-11-7-5-6-8-12(11)18-10-9-13/h5-8,14H,3-4,9-10,13H2,1-2H3. The van der Waals surface area contributed by atoms with Crippen molar-refractivity contribution in [1.82, 2.24) is 4.31 Å². The van der Waals surface area contributed by atoms with Crippen LogP contribution in [0, 0.1) is 0 Å².